The van der Waals surface area contributed by atoms with Gasteiger partial charge in [0, 0.05) is 30.2 Å². The molecule has 0 amide bonds. The maximum Gasteiger partial charge on any atom is 0.433 e. The topological polar surface area (TPSA) is 66.8 Å². The number of halogens is 6. The summed E-state index contributed by atoms with van der Waals surface area (Å²) in [6, 6.07) is 17.0. The molecule has 0 spiro atoms. The molecule has 42 heavy (non-hydrogen) atoms. The van der Waals surface area contributed by atoms with Gasteiger partial charge in [-0.05, 0) is 53.9 Å². The second kappa shape index (κ2) is 10.7. The van der Waals surface area contributed by atoms with Crippen molar-refractivity contribution in [3.05, 3.63) is 107 Å². The SMILES string of the molecule is FC(F)(F)c1ccc(Nc2nc(CN3CCc4ccccc4C3)nc3cc(-c4ncccc4C(F)(F)F)ccc23)cn1. The molecule has 0 aliphatic carbocycles. The van der Waals surface area contributed by atoms with E-state index in [4.69, 9.17) is 0 Å². The lowest BCUT2D eigenvalue weighted by atomic mass is 10.00. The molecule has 2 aromatic carbocycles. The van der Waals surface area contributed by atoms with E-state index in [0.29, 0.717) is 29.8 Å². The molecule has 3 aromatic heterocycles. The van der Waals surface area contributed by atoms with Crippen molar-refractivity contribution in [3.63, 3.8) is 0 Å². The molecule has 4 heterocycles. The standard InChI is InChI=1S/C30H22F6N6/c31-29(32,33)23-6-3-12-37-27(23)19-7-9-22-24(14-19)40-26(17-42-13-11-18-4-1-2-5-20(18)16-42)41-28(22)39-21-8-10-25(38-15-21)30(34,35)36/h1-10,12,14-15H,11,13,16-17H2,(H,39,40,41). The summed E-state index contributed by atoms with van der Waals surface area (Å²) in [7, 11) is 0. The summed E-state index contributed by atoms with van der Waals surface area (Å²) in [5, 5.41) is 3.49. The van der Waals surface area contributed by atoms with Crippen molar-refractivity contribution in [1.29, 1.82) is 0 Å². The molecule has 0 radical (unpaired) electrons. The van der Waals surface area contributed by atoms with E-state index in [9.17, 15) is 26.3 Å². The summed E-state index contributed by atoms with van der Waals surface area (Å²) in [6.45, 7) is 1.78. The molecule has 6 nitrogen and oxygen atoms in total. The highest BCUT2D eigenvalue weighted by Gasteiger charge is 2.34. The highest BCUT2D eigenvalue weighted by molar-refractivity contribution is 5.93. The number of hydrogen-bond acceptors (Lipinski definition) is 6. The van der Waals surface area contributed by atoms with E-state index in [1.807, 2.05) is 12.1 Å². The van der Waals surface area contributed by atoms with Gasteiger partial charge in [-0.2, -0.15) is 26.3 Å². The fourth-order valence-corrected chi connectivity index (χ4v) is 5.02. The largest absolute Gasteiger partial charge is 0.433 e. The molecule has 0 saturated heterocycles. The van der Waals surface area contributed by atoms with Crippen molar-refractivity contribution in [2.45, 2.75) is 31.9 Å². The lowest BCUT2D eigenvalue weighted by molar-refractivity contribution is -0.141. The van der Waals surface area contributed by atoms with Crippen LogP contribution >= 0.6 is 0 Å². The number of nitrogens with one attached hydrogen (secondary N) is 1. The number of benzene rings is 2. The summed E-state index contributed by atoms with van der Waals surface area (Å²) in [5.74, 6) is 0.691. The quantitative estimate of drug-likeness (QED) is 0.218. The van der Waals surface area contributed by atoms with Gasteiger partial charge in [0.05, 0.1) is 35.2 Å². The fourth-order valence-electron chi connectivity index (χ4n) is 5.02. The molecule has 214 valence electrons. The number of pyridine rings is 2. The van der Waals surface area contributed by atoms with Crippen LogP contribution < -0.4 is 5.32 Å². The van der Waals surface area contributed by atoms with Crippen molar-refractivity contribution in [2.75, 3.05) is 11.9 Å². The van der Waals surface area contributed by atoms with E-state index in [1.165, 1.54) is 41.6 Å². The van der Waals surface area contributed by atoms with Crippen LogP contribution in [0.3, 0.4) is 0 Å². The maximum absolute atomic E-state index is 13.7. The van der Waals surface area contributed by atoms with Gasteiger partial charge in [-0.15, -0.1) is 0 Å². The second-order valence-electron chi connectivity index (χ2n) is 9.90. The Labute approximate surface area is 236 Å². The first-order valence-electron chi connectivity index (χ1n) is 13.0. The maximum atomic E-state index is 13.7. The Bertz CT molecular complexity index is 1750. The van der Waals surface area contributed by atoms with Crippen molar-refractivity contribution < 1.29 is 26.3 Å². The third-order valence-electron chi connectivity index (χ3n) is 7.02. The Morgan fingerprint density at radius 2 is 1.62 bits per heavy atom. The van der Waals surface area contributed by atoms with Crippen molar-refractivity contribution in [2.24, 2.45) is 0 Å². The first-order valence-corrected chi connectivity index (χ1v) is 13.0. The summed E-state index contributed by atoms with van der Waals surface area (Å²) < 4.78 is 80.2. The minimum absolute atomic E-state index is 0.217. The summed E-state index contributed by atoms with van der Waals surface area (Å²) in [4.78, 5) is 19.0. The Morgan fingerprint density at radius 1 is 0.810 bits per heavy atom. The summed E-state index contributed by atoms with van der Waals surface area (Å²) in [6.07, 6.45) is -6.01. The minimum Gasteiger partial charge on any atom is -0.338 e. The predicted octanol–water partition coefficient (Wildman–Crippen LogP) is 7.43. The molecule has 0 atom stereocenters. The third-order valence-corrected chi connectivity index (χ3v) is 7.02. The Balaban J connectivity index is 1.40. The Morgan fingerprint density at radius 3 is 2.36 bits per heavy atom. The van der Waals surface area contributed by atoms with Crippen LogP contribution in [0.1, 0.15) is 28.2 Å². The predicted molar refractivity (Wildman–Crippen MR) is 145 cm³/mol. The van der Waals surface area contributed by atoms with Gasteiger partial charge in [0.1, 0.15) is 17.3 Å². The van der Waals surface area contributed by atoms with E-state index in [0.717, 1.165) is 31.3 Å². The number of nitrogens with zero attached hydrogens (tertiary/aromatic N) is 5. The number of anilines is 2. The van der Waals surface area contributed by atoms with Crippen LogP contribution in [0.2, 0.25) is 0 Å². The lowest BCUT2D eigenvalue weighted by Crippen LogP contribution is -2.30. The van der Waals surface area contributed by atoms with E-state index in [2.05, 4.69) is 42.3 Å². The van der Waals surface area contributed by atoms with Gasteiger partial charge in [-0.1, -0.05) is 30.3 Å². The van der Waals surface area contributed by atoms with Crippen LogP contribution in [0.25, 0.3) is 22.2 Å². The van der Waals surface area contributed by atoms with E-state index >= 15 is 0 Å². The number of aromatic nitrogens is 4. The van der Waals surface area contributed by atoms with Crippen LogP contribution in [0.5, 0.6) is 0 Å². The van der Waals surface area contributed by atoms with Gasteiger partial charge in [0.15, 0.2) is 0 Å². The van der Waals surface area contributed by atoms with Gasteiger partial charge in [0.2, 0.25) is 0 Å². The van der Waals surface area contributed by atoms with Gasteiger partial charge in [-0.25, -0.2) is 15.0 Å². The molecule has 0 saturated carbocycles. The molecule has 5 aromatic rings. The zero-order chi connectivity index (χ0) is 29.5. The molecule has 6 rings (SSSR count). The molecule has 0 bridgehead atoms. The molecule has 1 aliphatic heterocycles. The zero-order valence-corrected chi connectivity index (χ0v) is 21.8. The highest BCUT2D eigenvalue weighted by Crippen LogP contribution is 2.37. The third kappa shape index (κ3) is 5.75. The van der Waals surface area contributed by atoms with E-state index in [1.54, 1.807) is 6.07 Å². The number of hydrogen-bond donors (Lipinski definition) is 1. The monoisotopic (exact) mass is 580 g/mol. The Kier molecular flexibility index (Phi) is 7.01. The van der Waals surface area contributed by atoms with Gasteiger partial charge in [0.25, 0.3) is 0 Å². The molecular weight excluding hydrogens is 558 g/mol. The number of alkyl halides is 6. The van der Waals surface area contributed by atoms with Crippen molar-refractivity contribution in [1.82, 2.24) is 24.8 Å². The fraction of sp³-hybridized carbons (Fsp3) is 0.200. The van der Waals surface area contributed by atoms with Crippen LogP contribution in [0.15, 0.2) is 79.1 Å². The molecule has 1 aliphatic rings. The summed E-state index contributed by atoms with van der Waals surface area (Å²) >= 11 is 0. The highest BCUT2D eigenvalue weighted by atomic mass is 19.4. The summed E-state index contributed by atoms with van der Waals surface area (Å²) in [5.41, 5.74) is 1.15. The van der Waals surface area contributed by atoms with Gasteiger partial charge < -0.3 is 5.32 Å². The zero-order valence-electron chi connectivity index (χ0n) is 21.8. The number of fused-ring (bicyclic) bond motifs is 2. The average molecular weight is 581 g/mol. The minimum atomic E-state index is -4.61. The lowest BCUT2D eigenvalue weighted by Gasteiger charge is -2.28. The van der Waals surface area contributed by atoms with Crippen LogP contribution in [0.4, 0.5) is 37.8 Å². The van der Waals surface area contributed by atoms with Gasteiger partial charge in [-0.3, -0.25) is 9.88 Å². The van der Waals surface area contributed by atoms with Crippen molar-refractivity contribution >= 4 is 22.4 Å². The van der Waals surface area contributed by atoms with Crippen molar-refractivity contribution in [3.8, 4) is 11.3 Å². The molecule has 0 fully saturated rings. The van der Waals surface area contributed by atoms with Crippen LogP contribution in [-0.4, -0.2) is 31.4 Å². The Hall–Kier alpha value is -4.58. The normalized spacial score (nSPS) is 14.1. The second-order valence-corrected chi connectivity index (χ2v) is 9.90. The average Bonchev–Trinajstić information content (AvgIpc) is 2.96. The molecule has 1 N–H and O–H groups in total. The van der Waals surface area contributed by atoms with Gasteiger partial charge >= 0.3 is 12.4 Å². The van der Waals surface area contributed by atoms with E-state index < -0.39 is 23.6 Å². The smallest absolute Gasteiger partial charge is 0.338 e. The molecule has 12 heteroatoms. The molecule has 0 unspecified atom stereocenters. The number of rotatable bonds is 5. The first-order chi connectivity index (χ1) is 20.0. The molecular formula is C30H22F6N6. The first kappa shape index (κ1) is 27.6. The van der Waals surface area contributed by atoms with Crippen LogP contribution in [-0.2, 0) is 31.9 Å². The van der Waals surface area contributed by atoms with E-state index in [-0.39, 0.29) is 22.8 Å². The van der Waals surface area contributed by atoms with Crippen LogP contribution in [0, 0.1) is 0 Å².